The average molecular weight is 488 g/mol. The second-order valence-electron chi connectivity index (χ2n) is 7.42. The zero-order valence-corrected chi connectivity index (χ0v) is 18.8. The van der Waals surface area contributed by atoms with Crippen LogP contribution in [0.2, 0.25) is 0 Å². The first-order chi connectivity index (χ1) is 15.7. The van der Waals surface area contributed by atoms with Gasteiger partial charge in [-0.25, -0.2) is 4.79 Å². The molecule has 16 heteroatoms. The zero-order valence-electron chi connectivity index (χ0n) is 18.8. The van der Waals surface area contributed by atoms with E-state index in [-0.39, 0.29) is 31.8 Å². The molecule has 0 aliphatic carbocycles. The average Bonchev–Trinajstić information content (AvgIpc) is 2.72. The van der Waals surface area contributed by atoms with E-state index in [1.54, 1.807) is 0 Å². The number of primary amides is 2. The smallest absolute Gasteiger partial charge is 0.326 e. The predicted octanol–water partition coefficient (Wildman–Crippen LogP) is -4.93. The van der Waals surface area contributed by atoms with Gasteiger partial charge in [0.25, 0.3) is 0 Å². The molecule has 0 saturated heterocycles. The third-order valence-electron chi connectivity index (χ3n) is 4.39. The lowest BCUT2D eigenvalue weighted by Gasteiger charge is -2.23. The summed E-state index contributed by atoms with van der Waals surface area (Å²) in [6, 6.07) is -5.13. The molecule has 5 amide bonds. The number of amides is 5. The van der Waals surface area contributed by atoms with Crippen LogP contribution in [0.15, 0.2) is 4.99 Å². The summed E-state index contributed by atoms with van der Waals surface area (Å²) in [4.78, 5) is 74.2. The minimum atomic E-state index is -1.59. The van der Waals surface area contributed by atoms with Gasteiger partial charge in [-0.2, -0.15) is 0 Å². The Hall–Kier alpha value is -3.95. The van der Waals surface area contributed by atoms with Crippen molar-refractivity contribution in [2.24, 2.45) is 33.7 Å². The summed E-state index contributed by atoms with van der Waals surface area (Å²) in [7, 11) is 0. The van der Waals surface area contributed by atoms with Gasteiger partial charge in [0.05, 0.1) is 12.5 Å². The molecule has 34 heavy (non-hydrogen) atoms. The number of nitrogens with one attached hydrogen (secondary N) is 3. The Morgan fingerprint density at radius 2 is 1.41 bits per heavy atom. The van der Waals surface area contributed by atoms with Gasteiger partial charge >= 0.3 is 5.97 Å². The first-order valence-electron chi connectivity index (χ1n) is 10.3. The van der Waals surface area contributed by atoms with E-state index < -0.39 is 66.1 Å². The van der Waals surface area contributed by atoms with Crippen LogP contribution in [0.4, 0.5) is 0 Å². The monoisotopic (exact) mass is 487 g/mol. The molecule has 0 spiro atoms. The van der Waals surface area contributed by atoms with Crippen molar-refractivity contribution in [1.29, 1.82) is 0 Å². The number of carboxylic acids is 1. The van der Waals surface area contributed by atoms with Crippen LogP contribution in [0, 0.1) is 0 Å². The molecule has 0 aromatic heterocycles. The fourth-order valence-corrected chi connectivity index (χ4v) is 2.56. The lowest BCUT2D eigenvalue weighted by molar-refractivity contribution is -0.143. The minimum absolute atomic E-state index is 0.108. The molecule has 4 unspecified atom stereocenters. The number of aliphatic carboxylic acids is 1. The van der Waals surface area contributed by atoms with Crippen molar-refractivity contribution in [3.05, 3.63) is 0 Å². The third kappa shape index (κ3) is 12.8. The van der Waals surface area contributed by atoms with Gasteiger partial charge in [0.1, 0.15) is 18.1 Å². The van der Waals surface area contributed by atoms with E-state index in [2.05, 4.69) is 20.9 Å². The molecule has 16 nitrogen and oxygen atoms in total. The fraction of sp³-hybridized carbons (Fsp3) is 0.611. The van der Waals surface area contributed by atoms with Crippen LogP contribution in [0.3, 0.4) is 0 Å². The Kier molecular flexibility index (Phi) is 13.2. The molecule has 0 bridgehead atoms. The van der Waals surface area contributed by atoms with Crippen LogP contribution in [0.5, 0.6) is 0 Å². The van der Waals surface area contributed by atoms with E-state index in [0.717, 1.165) is 0 Å². The number of rotatable bonds is 16. The van der Waals surface area contributed by atoms with Crippen molar-refractivity contribution >= 4 is 41.5 Å². The molecule has 0 saturated carbocycles. The first kappa shape index (κ1) is 30.1. The van der Waals surface area contributed by atoms with Gasteiger partial charge < -0.3 is 49.7 Å². The second-order valence-corrected chi connectivity index (χ2v) is 7.42. The number of hydrogen-bond acceptors (Lipinski definition) is 8. The lowest BCUT2D eigenvalue weighted by Crippen LogP contribution is -2.56. The van der Waals surface area contributed by atoms with Crippen molar-refractivity contribution in [1.82, 2.24) is 16.0 Å². The van der Waals surface area contributed by atoms with Crippen LogP contribution in [-0.2, 0) is 28.8 Å². The maximum atomic E-state index is 12.6. The number of hydrogen-bond donors (Lipinski definition) is 9. The van der Waals surface area contributed by atoms with Crippen LogP contribution < -0.4 is 44.6 Å². The van der Waals surface area contributed by atoms with Gasteiger partial charge in [0, 0.05) is 13.0 Å². The van der Waals surface area contributed by atoms with E-state index in [0.29, 0.717) is 6.42 Å². The summed E-state index contributed by atoms with van der Waals surface area (Å²) in [5.74, 6) is -5.73. The Morgan fingerprint density at radius 1 is 0.824 bits per heavy atom. The Labute approximate surface area is 195 Å². The minimum Gasteiger partial charge on any atom is -0.480 e. The largest absolute Gasteiger partial charge is 0.480 e. The van der Waals surface area contributed by atoms with Crippen molar-refractivity contribution in [2.75, 3.05) is 6.54 Å². The predicted molar refractivity (Wildman–Crippen MR) is 119 cm³/mol. The van der Waals surface area contributed by atoms with E-state index in [1.807, 2.05) is 0 Å². The number of carboxylic acid groups (broad SMARTS) is 1. The molecule has 0 heterocycles. The summed E-state index contributed by atoms with van der Waals surface area (Å²) in [6.07, 6.45) is -0.500. The van der Waals surface area contributed by atoms with Crippen LogP contribution >= 0.6 is 0 Å². The molecule has 192 valence electrons. The van der Waals surface area contributed by atoms with Crippen LogP contribution in [0.25, 0.3) is 0 Å². The molecule has 0 rings (SSSR count). The van der Waals surface area contributed by atoms with Crippen molar-refractivity contribution < 1.29 is 33.9 Å². The maximum absolute atomic E-state index is 12.6. The van der Waals surface area contributed by atoms with Crippen molar-refractivity contribution in [3.63, 3.8) is 0 Å². The van der Waals surface area contributed by atoms with Gasteiger partial charge in [-0.3, -0.25) is 29.0 Å². The molecule has 0 aliphatic rings. The van der Waals surface area contributed by atoms with Gasteiger partial charge in [-0.1, -0.05) is 0 Å². The summed E-state index contributed by atoms with van der Waals surface area (Å²) < 4.78 is 0. The fourth-order valence-electron chi connectivity index (χ4n) is 2.56. The molecule has 14 N–H and O–H groups in total. The Morgan fingerprint density at radius 3 is 1.91 bits per heavy atom. The standard InChI is InChI=1S/C18H33N9O7/c1-8(14(30)27-11(17(33)34)7-13(21)29)25-16(32)10(4-5-12(20)28)26-15(31)9(19)3-2-6-24-18(22)23/h8-11H,2-7,19H2,1H3,(H2,20,28)(H2,21,29)(H,25,32)(H,26,31)(H,27,30)(H,33,34)(H4,22,23,24). The summed E-state index contributed by atoms with van der Waals surface area (Å²) in [6.45, 7) is 1.49. The summed E-state index contributed by atoms with van der Waals surface area (Å²) in [5, 5.41) is 15.8. The third-order valence-corrected chi connectivity index (χ3v) is 4.39. The van der Waals surface area contributed by atoms with E-state index in [4.69, 9.17) is 33.8 Å². The quantitative estimate of drug-likeness (QED) is 0.0567. The molecule has 0 aromatic carbocycles. The summed E-state index contributed by atoms with van der Waals surface area (Å²) >= 11 is 0. The maximum Gasteiger partial charge on any atom is 0.326 e. The van der Waals surface area contributed by atoms with Gasteiger partial charge in [-0.05, 0) is 26.2 Å². The normalized spacial score (nSPS) is 13.9. The highest BCUT2D eigenvalue weighted by Gasteiger charge is 2.29. The number of carbonyl (C=O) groups excluding carboxylic acids is 5. The number of guanidine groups is 1. The van der Waals surface area contributed by atoms with E-state index in [9.17, 15) is 28.8 Å². The topological polar surface area (TPSA) is 301 Å². The molecule has 4 atom stereocenters. The van der Waals surface area contributed by atoms with Crippen LogP contribution in [-0.4, -0.2) is 77.3 Å². The SMILES string of the molecule is CC(NC(=O)C(CCC(N)=O)NC(=O)C(N)CCCN=C(N)N)C(=O)NC(CC(N)=O)C(=O)O. The highest BCUT2D eigenvalue weighted by atomic mass is 16.4. The molecule has 0 aromatic rings. The Balaban J connectivity index is 5.10. The molecule has 0 aliphatic heterocycles. The van der Waals surface area contributed by atoms with Crippen molar-refractivity contribution in [2.45, 2.75) is 63.2 Å². The number of carbonyl (C=O) groups is 6. The van der Waals surface area contributed by atoms with E-state index in [1.165, 1.54) is 6.92 Å². The molecule has 0 radical (unpaired) electrons. The molecular formula is C18H33N9O7. The Bertz CT molecular complexity index is 799. The highest BCUT2D eigenvalue weighted by Crippen LogP contribution is 2.02. The number of nitrogens with two attached hydrogens (primary N) is 5. The van der Waals surface area contributed by atoms with Gasteiger partial charge in [0.2, 0.25) is 29.5 Å². The first-order valence-corrected chi connectivity index (χ1v) is 10.3. The van der Waals surface area contributed by atoms with Crippen LogP contribution in [0.1, 0.15) is 39.0 Å². The summed E-state index contributed by atoms with van der Waals surface area (Å²) in [5.41, 5.74) is 26.3. The van der Waals surface area contributed by atoms with Gasteiger partial charge in [-0.15, -0.1) is 0 Å². The van der Waals surface area contributed by atoms with E-state index >= 15 is 0 Å². The molecule has 0 fully saturated rings. The lowest BCUT2D eigenvalue weighted by atomic mass is 10.1. The van der Waals surface area contributed by atoms with Gasteiger partial charge in [0.15, 0.2) is 5.96 Å². The second kappa shape index (κ2) is 15.0. The molecular weight excluding hydrogens is 454 g/mol. The van der Waals surface area contributed by atoms with Crippen molar-refractivity contribution in [3.8, 4) is 0 Å². The number of aliphatic imine (C=N–C) groups is 1. The zero-order chi connectivity index (χ0) is 26.4. The number of nitrogens with zero attached hydrogens (tertiary/aromatic N) is 1. The highest BCUT2D eigenvalue weighted by molar-refractivity contribution is 5.94.